The number of rotatable bonds is 8. The van der Waals surface area contributed by atoms with E-state index in [0.29, 0.717) is 40.2 Å². The van der Waals surface area contributed by atoms with E-state index in [9.17, 15) is 28.0 Å². The fourth-order valence-corrected chi connectivity index (χ4v) is 6.08. The number of halogens is 1. The number of β-lactam (4-membered cyclic amide) rings is 1. The minimum atomic E-state index is -4.48. The first-order chi connectivity index (χ1) is 18.6. The molecule has 0 bridgehead atoms. The number of anilines is 1. The Morgan fingerprint density at radius 1 is 0.897 bits per heavy atom. The quantitative estimate of drug-likeness (QED) is 0.174. The average Bonchev–Trinajstić information content (AvgIpc) is 2.92. The molecule has 3 N–H and O–H groups in total. The first-order valence-electron chi connectivity index (χ1n) is 12.4. The maximum atomic E-state index is 13.4. The van der Waals surface area contributed by atoms with Crippen LogP contribution in [-0.4, -0.2) is 29.1 Å². The molecule has 39 heavy (non-hydrogen) atoms. The van der Waals surface area contributed by atoms with Crippen LogP contribution in [0.3, 0.4) is 0 Å². The van der Waals surface area contributed by atoms with Crippen molar-refractivity contribution in [2.75, 3.05) is 4.90 Å². The van der Waals surface area contributed by atoms with E-state index >= 15 is 0 Å². The van der Waals surface area contributed by atoms with E-state index in [2.05, 4.69) is 0 Å². The van der Waals surface area contributed by atoms with Crippen LogP contribution in [0.5, 0.6) is 5.75 Å². The lowest BCUT2D eigenvalue weighted by Gasteiger charge is -2.48. The number of benzene rings is 4. The molecule has 5 rings (SSSR count). The molecule has 1 heterocycles. The SMILES string of the molecule is O=C1[C@H](CC[C@H](O)c2cccc(Cl)c2)[C@@H](c2ccc(-c3ccccc3S(=O)(=O)O)cc2O)N1c1ccccc1. The molecule has 3 atom stereocenters. The summed E-state index contributed by atoms with van der Waals surface area (Å²) in [5.41, 5.74) is 2.48. The molecule has 0 spiro atoms. The Kier molecular flexibility index (Phi) is 7.46. The van der Waals surface area contributed by atoms with Gasteiger partial charge >= 0.3 is 0 Å². The summed E-state index contributed by atoms with van der Waals surface area (Å²) in [5.74, 6) is -0.734. The van der Waals surface area contributed by atoms with Crippen molar-refractivity contribution >= 4 is 33.3 Å². The van der Waals surface area contributed by atoms with Crippen molar-refractivity contribution in [2.45, 2.75) is 29.9 Å². The van der Waals surface area contributed by atoms with Crippen molar-refractivity contribution in [1.82, 2.24) is 0 Å². The zero-order chi connectivity index (χ0) is 27.7. The van der Waals surface area contributed by atoms with Gasteiger partial charge in [-0.15, -0.1) is 0 Å². The van der Waals surface area contributed by atoms with Gasteiger partial charge in [0.25, 0.3) is 10.1 Å². The first-order valence-corrected chi connectivity index (χ1v) is 14.2. The summed E-state index contributed by atoms with van der Waals surface area (Å²) in [4.78, 5) is 14.7. The number of aliphatic hydroxyl groups excluding tert-OH is 1. The van der Waals surface area contributed by atoms with Crippen LogP contribution in [0.4, 0.5) is 5.69 Å². The van der Waals surface area contributed by atoms with Crippen LogP contribution in [0, 0.1) is 5.92 Å². The predicted molar refractivity (Wildman–Crippen MR) is 149 cm³/mol. The smallest absolute Gasteiger partial charge is 0.295 e. The molecule has 1 aliphatic rings. The first kappa shape index (κ1) is 26.9. The summed E-state index contributed by atoms with van der Waals surface area (Å²) >= 11 is 6.07. The number of carbonyl (C=O) groups excluding carboxylic acids is 1. The monoisotopic (exact) mass is 563 g/mol. The third-order valence-electron chi connectivity index (χ3n) is 7.06. The van der Waals surface area contributed by atoms with E-state index in [1.807, 2.05) is 30.3 Å². The highest BCUT2D eigenvalue weighted by Gasteiger charge is 2.49. The molecule has 0 saturated carbocycles. The number of carbonyl (C=O) groups is 1. The normalized spacial score (nSPS) is 18.0. The molecule has 200 valence electrons. The van der Waals surface area contributed by atoms with Gasteiger partial charge in [0.15, 0.2) is 0 Å². The van der Waals surface area contributed by atoms with Crippen molar-refractivity contribution in [1.29, 1.82) is 0 Å². The molecule has 4 aromatic rings. The number of nitrogens with zero attached hydrogens (tertiary/aromatic N) is 1. The summed E-state index contributed by atoms with van der Waals surface area (Å²) in [7, 11) is -4.48. The number of hydrogen-bond donors (Lipinski definition) is 3. The van der Waals surface area contributed by atoms with Crippen molar-refractivity contribution in [3.8, 4) is 16.9 Å². The number of para-hydroxylation sites is 1. The van der Waals surface area contributed by atoms with E-state index < -0.39 is 28.2 Å². The molecule has 1 fully saturated rings. The van der Waals surface area contributed by atoms with Gasteiger partial charge in [-0.05, 0) is 60.4 Å². The zero-order valence-electron chi connectivity index (χ0n) is 20.7. The second kappa shape index (κ2) is 10.8. The maximum Gasteiger partial charge on any atom is 0.295 e. The summed E-state index contributed by atoms with van der Waals surface area (Å²) in [6.45, 7) is 0. The summed E-state index contributed by atoms with van der Waals surface area (Å²) in [5, 5.41) is 22.4. The standard InChI is InChI=1S/C30H26ClNO6S/c31-21-8-6-7-20(17-21)26(33)16-15-25-29(32(30(25)35)22-9-2-1-3-10-22)24-14-13-19(18-27(24)34)23-11-4-5-12-28(23)39(36,37)38/h1-14,17-18,25-26,29,33-34H,15-16H2,(H,36,37,38)/t25-,26+,29-/m1/s1. The highest BCUT2D eigenvalue weighted by atomic mass is 35.5. The van der Waals surface area contributed by atoms with Gasteiger partial charge in [0.2, 0.25) is 5.91 Å². The molecule has 9 heteroatoms. The number of amides is 1. The Morgan fingerprint density at radius 3 is 2.31 bits per heavy atom. The number of aliphatic hydroxyl groups is 1. The van der Waals surface area contributed by atoms with Crippen LogP contribution in [0.15, 0.2) is 102 Å². The third-order valence-corrected chi connectivity index (χ3v) is 8.20. The summed E-state index contributed by atoms with van der Waals surface area (Å²) in [6, 6.07) is 26.3. The second-order valence-electron chi connectivity index (χ2n) is 9.49. The van der Waals surface area contributed by atoms with Gasteiger partial charge in [0.1, 0.15) is 10.6 Å². The minimum absolute atomic E-state index is 0.114. The zero-order valence-corrected chi connectivity index (χ0v) is 22.3. The van der Waals surface area contributed by atoms with Crippen molar-refractivity contribution in [3.05, 3.63) is 113 Å². The van der Waals surface area contributed by atoms with Gasteiger partial charge in [-0.3, -0.25) is 9.35 Å². The molecule has 7 nitrogen and oxygen atoms in total. The van der Waals surface area contributed by atoms with E-state index in [-0.39, 0.29) is 22.1 Å². The highest BCUT2D eigenvalue weighted by molar-refractivity contribution is 7.86. The molecule has 1 amide bonds. The lowest BCUT2D eigenvalue weighted by atomic mass is 9.77. The van der Waals surface area contributed by atoms with Crippen LogP contribution < -0.4 is 4.90 Å². The second-order valence-corrected chi connectivity index (χ2v) is 11.3. The molecule has 0 unspecified atom stereocenters. The number of aromatic hydroxyl groups is 1. The van der Waals surface area contributed by atoms with Gasteiger partial charge < -0.3 is 15.1 Å². The molecule has 4 aromatic carbocycles. The molecular formula is C30H26ClNO6S. The Balaban J connectivity index is 1.47. The Labute approximate surface area is 231 Å². The molecule has 0 aliphatic carbocycles. The maximum absolute atomic E-state index is 13.4. The van der Waals surface area contributed by atoms with Crippen LogP contribution >= 0.6 is 11.6 Å². The summed E-state index contributed by atoms with van der Waals surface area (Å²) < 4.78 is 33.4. The van der Waals surface area contributed by atoms with E-state index in [1.165, 1.54) is 18.2 Å². The van der Waals surface area contributed by atoms with Gasteiger partial charge in [0, 0.05) is 21.8 Å². The summed E-state index contributed by atoms with van der Waals surface area (Å²) in [6.07, 6.45) is -0.125. The van der Waals surface area contributed by atoms with Crippen LogP contribution in [0.25, 0.3) is 11.1 Å². The number of hydrogen-bond acceptors (Lipinski definition) is 5. The predicted octanol–water partition coefficient (Wildman–Crippen LogP) is 6.18. The van der Waals surface area contributed by atoms with Crippen molar-refractivity contribution in [3.63, 3.8) is 0 Å². The number of phenolic OH excluding ortho intramolecular Hbond substituents is 1. The largest absolute Gasteiger partial charge is 0.508 e. The highest BCUT2D eigenvalue weighted by Crippen LogP contribution is 2.49. The Morgan fingerprint density at radius 2 is 1.62 bits per heavy atom. The molecule has 1 aliphatic heterocycles. The van der Waals surface area contributed by atoms with Gasteiger partial charge in [-0.25, -0.2) is 0 Å². The lowest BCUT2D eigenvalue weighted by molar-refractivity contribution is -0.131. The van der Waals surface area contributed by atoms with E-state index in [0.717, 1.165) is 0 Å². The molecule has 0 radical (unpaired) electrons. The number of phenols is 1. The fraction of sp³-hybridized carbons (Fsp3) is 0.167. The van der Waals surface area contributed by atoms with Crippen LogP contribution in [0.2, 0.25) is 5.02 Å². The molecule has 1 saturated heterocycles. The minimum Gasteiger partial charge on any atom is -0.508 e. The topological polar surface area (TPSA) is 115 Å². The molecule has 0 aromatic heterocycles. The third kappa shape index (κ3) is 5.42. The van der Waals surface area contributed by atoms with Crippen molar-refractivity contribution in [2.24, 2.45) is 5.92 Å². The fourth-order valence-electron chi connectivity index (χ4n) is 5.17. The van der Waals surface area contributed by atoms with Crippen molar-refractivity contribution < 1.29 is 28.0 Å². The van der Waals surface area contributed by atoms with E-state index in [4.69, 9.17) is 11.6 Å². The lowest BCUT2D eigenvalue weighted by Crippen LogP contribution is -2.55. The van der Waals surface area contributed by atoms with Gasteiger partial charge in [0.05, 0.1) is 18.1 Å². The van der Waals surface area contributed by atoms with E-state index in [1.54, 1.807) is 53.4 Å². The van der Waals surface area contributed by atoms with Crippen LogP contribution in [-0.2, 0) is 14.9 Å². The molecular weight excluding hydrogens is 538 g/mol. The Bertz CT molecular complexity index is 1630. The van der Waals surface area contributed by atoms with Gasteiger partial charge in [-0.1, -0.05) is 72.3 Å². The Hall–Kier alpha value is -3.69. The van der Waals surface area contributed by atoms with Crippen LogP contribution in [0.1, 0.15) is 36.1 Å². The average molecular weight is 564 g/mol. The van der Waals surface area contributed by atoms with Gasteiger partial charge in [-0.2, -0.15) is 8.42 Å².